The van der Waals surface area contributed by atoms with Crippen molar-refractivity contribution in [2.75, 3.05) is 12.4 Å². The van der Waals surface area contributed by atoms with Crippen LogP contribution in [0.5, 0.6) is 0 Å². The first-order chi connectivity index (χ1) is 6.48. The third-order valence-corrected chi connectivity index (χ3v) is 3.50. The van der Waals surface area contributed by atoms with Gasteiger partial charge in [0.15, 0.2) is 5.17 Å². The summed E-state index contributed by atoms with van der Waals surface area (Å²) in [6, 6.07) is -0.174. The van der Waals surface area contributed by atoms with E-state index >= 15 is 0 Å². The molecule has 3 atom stereocenters. The quantitative estimate of drug-likeness (QED) is 0.722. The molecule has 2 heterocycles. The molecule has 3 nitrogen and oxygen atoms in total. The molecule has 3 unspecified atom stereocenters. The monoisotopic (exact) mass is 222 g/mol. The topological polar surface area (TPSA) is 47.6 Å². The molecule has 0 saturated carbocycles. The van der Waals surface area contributed by atoms with Gasteiger partial charge in [0.1, 0.15) is 6.10 Å². The molecule has 2 rings (SSSR count). The van der Waals surface area contributed by atoms with Gasteiger partial charge in [-0.15, -0.1) is 0 Å². The molecule has 1 saturated heterocycles. The zero-order valence-corrected chi connectivity index (χ0v) is 8.56. The van der Waals surface area contributed by atoms with Crippen LogP contribution in [0.25, 0.3) is 0 Å². The summed E-state index contributed by atoms with van der Waals surface area (Å²) in [5, 5.41) is 0.481. The first-order valence-corrected chi connectivity index (χ1v) is 5.42. The number of halogens is 2. The summed E-state index contributed by atoms with van der Waals surface area (Å²) in [6.45, 7) is 1.16. The highest BCUT2D eigenvalue weighted by molar-refractivity contribution is 8.13. The Morgan fingerprint density at radius 2 is 2.36 bits per heavy atom. The molecule has 1 fully saturated rings. The highest BCUT2D eigenvalue weighted by Crippen LogP contribution is 2.38. The molecular weight excluding hydrogens is 210 g/mol. The van der Waals surface area contributed by atoms with Crippen LogP contribution in [0.3, 0.4) is 0 Å². The fourth-order valence-corrected chi connectivity index (χ4v) is 2.86. The van der Waals surface area contributed by atoms with Crippen LogP contribution >= 0.6 is 11.8 Å². The van der Waals surface area contributed by atoms with Crippen molar-refractivity contribution in [2.45, 2.75) is 25.0 Å². The van der Waals surface area contributed by atoms with Gasteiger partial charge in [-0.05, 0) is 0 Å². The number of nitrogens with two attached hydrogens (primary N) is 1. The lowest BCUT2D eigenvalue weighted by Crippen LogP contribution is -2.40. The van der Waals surface area contributed by atoms with Gasteiger partial charge in [0, 0.05) is 18.6 Å². The van der Waals surface area contributed by atoms with Crippen molar-refractivity contribution in [1.29, 1.82) is 0 Å². The normalized spacial score (nSPS) is 37.9. The maximum Gasteiger partial charge on any atom is 0.271 e. The van der Waals surface area contributed by atoms with E-state index in [-0.39, 0.29) is 18.6 Å². The molecule has 0 aromatic rings. The van der Waals surface area contributed by atoms with Crippen molar-refractivity contribution in [3.8, 4) is 0 Å². The number of thioether (sulfide) groups is 1. The molecule has 0 amide bonds. The molecule has 14 heavy (non-hydrogen) atoms. The lowest BCUT2D eigenvalue weighted by Gasteiger charge is -2.27. The molecule has 0 bridgehead atoms. The zero-order chi connectivity index (χ0) is 10.3. The number of ether oxygens (including phenoxy) is 1. The molecule has 0 spiro atoms. The van der Waals surface area contributed by atoms with Gasteiger partial charge in [-0.3, -0.25) is 4.99 Å². The third-order valence-electron chi connectivity index (χ3n) is 2.55. The molecular formula is C8H12F2N2OS. The molecule has 0 aromatic carbocycles. The SMILES string of the molecule is CC(F)(F)C1OCC2N=C(N)SCC21. The fraction of sp³-hybridized carbons (Fsp3) is 0.875. The number of aliphatic imine (C=N–C) groups is 1. The van der Waals surface area contributed by atoms with Gasteiger partial charge in [0.05, 0.1) is 12.6 Å². The largest absolute Gasteiger partial charge is 0.379 e. The molecule has 80 valence electrons. The van der Waals surface area contributed by atoms with Gasteiger partial charge in [0.25, 0.3) is 5.92 Å². The third kappa shape index (κ3) is 1.72. The van der Waals surface area contributed by atoms with Gasteiger partial charge in [-0.1, -0.05) is 11.8 Å². The standard InChI is InChI=1S/C8H12F2N2OS/c1-8(9,10)6-4-3-14-7(11)12-5(4)2-13-6/h4-6H,2-3H2,1H3,(H2,11,12). The predicted molar refractivity (Wildman–Crippen MR) is 51.7 cm³/mol. The molecule has 2 N–H and O–H groups in total. The van der Waals surface area contributed by atoms with Gasteiger partial charge < -0.3 is 10.5 Å². The van der Waals surface area contributed by atoms with Gasteiger partial charge >= 0.3 is 0 Å². The summed E-state index contributed by atoms with van der Waals surface area (Å²) in [4.78, 5) is 4.11. The van der Waals surface area contributed by atoms with Crippen molar-refractivity contribution in [2.24, 2.45) is 16.6 Å². The van der Waals surface area contributed by atoms with Gasteiger partial charge in [-0.25, -0.2) is 8.78 Å². The smallest absolute Gasteiger partial charge is 0.271 e. The van der Waals surface area contributed by atoms with Crippen LogP contribution in [0.4, 0.5) is 8.78 Å². The van der Waals surface area contributed by atoms with Crippen LogP contribution in [0.2, 0.25) is 0 Å². The molecule has 0 aliphatic carbocycles. The Hall–Kier alpha value is -0.360. The number of rotatable bonds is 1. The van der Waals surface area contributed by atoms with Crippen molar-refractivity contribution in [3.63, 3.8) is 0 Å². The Morgan fingerprint density at radius 3 is 3.00 bits per heavy atom. The second-order valence-corrected chi connectivity index (χ2v) is 4.76. The van der Waals surface area contributed by atoms with Gasteiger partial charge in [0.2, 0.25) is 0 Å². The first-order valence-electron chi connectivity index (χ1n) is 4.44. The Morgan fingerprint density at radius 1 is 1.64 bits per heavy atom. The Bertz CT molecular complexity index is 267. The van der Waals surface area contributed by atoms with E-state index in [0.717, 1.165) is 6.92 Å². The molecule has 2 aliphatic rings. The summed E-state index contributed by atoms with van der Waals surface area (Å²) < 4.78 is 31.2. The van der Waals surface area contributed by atoms with Crippen LogP contribution in [0.15, 0.2) is 4.99 Å². The number of amidine groups is 1. The number of nitrogens with zero attached hydrogens (tertiary/aromatic N) is 1. The van der Waals surface area contributed by atoms with E-state index < -0.39 is 12.0 Å². The van der Waals surface area contributed by atoms with Crippen molar-refractivity contribution in [1.82, 2.24) is 0 Å². The van der Waals surface area contributed by atoms with Crippen molar-refractivity contribution >= 4 is 16.9 Å². The highest BCUT2D eigenvalue weighted by Gasteiger charge is 2.50. The summed E-state index contributed by atoms with van der Waals surface area (Å²) in [6.07, 6.45) is -1.00. The van der Waals surface area contributed by atoms with Gasteiger partial charge in [-0.2, -0.15) is 0 Å². The predicted octanol–water partition coefficient (Wildman–Crippen LogP) is 1.09. The maximum absolute atomic E-state index is 13.1. The Labute approximate surface area is 85.1 Å². The van der Waals surface area contributed by atoms with Crippen LogP contribution in [-0.4, -0.2) is 35.6 Å². The lowest BCUT2D eigenvalue weighted by molar-refractivity contribution is -0.113. The number of hydrogen-bond acceptors (Lipinski definition) is 4. The highest BCUT2D eigenvalue weighted by atomic mass is 32.2. The van der Waals surface area contributed by atoms with Crippen molar-refractivity contribution < 1.29 is 13.5 Å². The van der Waals surface area contributed by atoms with E-state index in [1.54, 1.807) is 0 Å². The summed E-state index contributed by atoms with van der Waals surface area (Å²) in [5.41, 5.74) is 5.52. The first kappa shape index (κ1) is 10.2. The average Bonchev–Trinajstić information content (AvgIpc) is 2.45. The lowest BCUT2D eigenvalue weighted by atomic mass is 9.95. The zero-order valence-electron chi connectivity index (χ0n) is 7.74. The maximum atomic E-state index is 13.1. The summed E-state index contributed by atoms with van der Waals surface area (Å²) in [7, 11) is 0. The van der Waals surface area contributed by atoms with E-state index in [4.69, 9.17) is 10.5 Å². The second kappa shape index (κ2) is 3.34. The summed E-state index contributed by atoms with van der Waals surface area (Å²) in [5.74, 6) is -2.41. The van der Waals surface area contributed by atoms with Crippen LogP contribution in [0.1, 0.15) is 6.92 Å². The van der Waals surface area contributed by atoms with Crippen LogP contribution < -0.4 is 5.73 Å². The second-order valence-electron chi connectivity index (χ2n) is 3.72. The molecule has 0 aromatic heterocycles. The minimum absolute atomic E-state index is 0.174. The van der Waals surface area contributed by atoms with Crippen LogP contribution in [-0.2, 0) is 4.74 Å². The Balaban J connectivity index is 2.14. The van der Waals surface area contributed by atoms with E-state index in [9.17, 15) is 8.78 Å². The molecule has 6 heteroatoms. The number of alkyl halides is 2. The summed E-state index contributed by atoms with van der Waals surface area (Å²) >= 11 is 1.33. The molecule has 0 radical (unpaired) electrons. The number of fused-ring (bicyclic) bond motifs is 1. The van der Waals surface area contributed by atoms with E-state index in [0.29, 0.717) is 10.9 Å². The van der Waals surface area contributed by atoms with Crippen LogP contribution in [0, 0.1) is 5.92 Å². The minimum Gasteiger partial charge on any atom is -0.379 e. The van der Waals surface area contributed by atoms with E-state index in [1.807, 2.05) is 0 Å². The average molecular weight is 222 g/mol. The van der Waals surface area contributed by atoms with E-state index in [1.165, 1.54) is 11.8 Å². The minimum atomic E-state index is -2.79. The number of hydrogen-bond donors (Lipinski definition) is 1. The van der Waals surface area contributed by atoms with E-state index in [2.05, 4.69) is 4.99 Å². The van der Waals surface area contributed by atoms with Crippen molar-refractivity contribution in [3.05, 3.63) is 0 Å². The molecule has 2 aliphatic heterocycles. The fourth-order valence-electron chi connectivity index (χ4n) is 1.89. The Kier molecular flexibility index (Phi) is 2.43.